The molecule has 3 N–H and O–H groups in total. The summed E-state index contributed by atoms with van der Waals surface area (Å²) in [7, 11) is 1.80. The zero-order chi connectivity index (χ0) is 10.9. The Morgan fingerprint density at radius 1 is 1.40 bits per heavy atom. The highest BCUT2D eigenvalue weighted by Gasteiger charge is 1.92. The first kappa shape index (κ1) is 11.9. The average molecular weight is 224 g/mol. The predicted octanol–water partition coefficient (Wildman–Crippen LogP) is 0.265. The molecular formula is C10H16N4S. The number of nitrogens with one attached hydrogen (secondary N) is 3. The Morgan fingerprint density at radius 2 is 2.27 bits per heavy atom. The number of hydrogen-bond donors (Lipinski definition) is 3. The summed E-state index contributed by atoms with van der Waals surface area (Å²) >= 11 is 4.94. The maximum absolute atomic E-state index is 4.94. The van der Waals surface area contributed by atoms with Gasteiger partial charge in [0.05, 0.1) is 5.69 Å². The lowest BCUT2D eigenvalue weighted by Gasteiger charge is -2.07. The molecule has 0 saturated heterocycles. The van der Waals surface area contributed by atoms with Crippen molar-refractivity contribution in [1.82, 2.24) is 20.9 Å². The van der Waals surface area contributed by atoms with Crippen molar-refractivity contribution in [2.45, 2.75) is 6.54 Å². The molecule has 1 aromatic rings. The predicted molar refractivity (Wildman–Crippen MR) is 65.6 cm³/mol. The quantitative estimate of drug-likeness (QED) is 0.495. The van der Waals surface area contributed by atoms with Crippen molar-refractivity contribution in [1.29, 1.82) is 0 Å². The van der Waals surface area contributed by atoms with Crippen LogP contribution in [0.1, 0.15) is 5.69 Å². The Hall–Kier alpha value is -1.20. The van der Waals surface area contributed by atoms with Crippen LogP contribution in [0.2, 0.25) is 0 Å². The number of pyridine rings is 1. The zero-order valence-electron chi connectivity index (χ0n) is 8.79. The highest BCUT2D eigenvalue weighted by atomic mass is 32.1. The van der Waals surface area contributed by atoms with E-state index in [4.69, 9.17) is 12.2 Å². The van der Waals surface area contributed by atoms with Crippen LogP contribution in [0, 0.1) is 0 Å². The van der Waals surface area contributed by atoms with Gasteiger partial charge in [0.2, 0.25) is 0 Å². The first-order chi connectivity index (χ1) is 7.33. The van der Waals surface area contributed by atoms with Gasteiger partial charge in [0, 0.05) is 32.9 Å². The van der Waals surface area contributed by atoms with E-state index in [-0.39, 0.29) is 0 Å². The molecule has 4 nitrogen and oxygen atoms in total. The highest BCUT2D eigenvalue weighted by Crippen LogP contribution is 1.90. The van der Waals surface area contributed by atoms with Gasteiger partial charge in [-0.15, -0.1) is 0 Å². The summed E-state index contributed by atoms with van der Waals surface area (Å²) < 4.78 is 0. The zero-order valence-corrected chi connectivity index (χ0v) is 9.60. The fourth-order valence-electron chi connectivity index (χ4n) is 1.07. The van der Waals surface area contributed by atoms with E-state index < -0.39 is 0 Å². The fourth-order valence-corrected chi connectivity index (χ4v) is 1.17. The molecule has 0 atom stereocenters. The van der Waals surface area contributed by atoms with Gasteiger partial charge in [-0.05, 0) is 24.4 Å². The fraction of sp³-hybridized carbons (Fsp3) is 0.400. The van der Waals surface area contributed by atoms with Gasteiger partial charge < -0.3 is 16.0 Å². The van der Waals surface area contributed by atoms with Gasteiger partial charge in [0.15, 0.2) is 5.11 Å². The summed E-state index contributed by atoms with van der Waals surface area (Å²) in [5, 5.41) is 9.85. The van der Waals surface area contributed by atoms with Crippen molar-refractivity contribution in [3.05, 3.63) is 30.1 Å². The lowest BCUT2D eigenvalue weighted by molar-refractivity contribution is 0.660. The van der Waals surface area contributed by atoms with E-state index in [9.17, 15) is 0 Å². The van der Waals surface area contributed by atoms with Crippen LogP contribution >= 0.6 is 12.2 Å². The van der Waals surface area contributed by atoms with Crippen LogP contribution in [0.25, 0.3) is 0 Å². The second kappa shape index (κ2) is 7.14. The molecule has 0 aliphatic rings. The molecule has 0 saturated carbocycles. The maximum atomic E-state index is 4.94. The second-order valence-corrected chi connectivity index (χ2v) is 3.41. The third kappa shape index (κ3) is 5.29. The average Bonchev–Trinajstić information content (AvgIpc) is 2.29. The minimum absolute atomic E-state index is 0.676. The number of thiocarbonyl (C=S) groups is 1. The molecule has 0 bridgehead atoms. The van der Waals surface area contributed by atoms with Gasteiger partial charge in [0.1, 0.15) is 0 Å². The van der Waals surface area contributed by atoms with Gasteiger partial charge in [0.25, 0.3) is 0 Å². The van der Waals surface area contributed by atoms with E-state index >= 15 is 0 Å². The Bertz CT molecular complexity index is 289. The van der Waals surface area contributed by atoms with Crippen LogP contribution in [0.5, 0.6) is 0 Å². The van der Waals surface area contributed by atoms with Crippen molar-refractivity contribution < 1.29 is 0 Å². The van der Waals surface area contributed by atoms with Crippen LogP contribution < -0.4 is 16.0 Å². The molecule has 1 heterocycles. The SMILES string of the molecule is CNC(=S)NCCNCc1ccccn1. The third-order valence-electron chi connectivity index (χ3n) is 1.85. The van der Waals surface area contributed by atoms with Gasteiger partial charge in [-0.3, -0.25) is 4.98 Å². The molecule has 0 amide bonds. The normalized spacial score (nSPS) is 9.67. The minimum atomic E-state index is 0.676. The molecule has 1 rings (SSSR count). The molecule has 1 aromatic heterocycles. The first-order valence-electron chi connectivity index (χ1n) is 4.89. The Balaban J connectivity index is 2.05. The van der Waals surface area contributed by atoms with Gasteiger partial charge in [-0.1, -0.05) is 6.07 Å². The number of hydrogen-bond acceptors (Lipinski definition) is 3. The summed E-state index contributed by atoms with van der Waals surface area (Å²) in [4.78, 5) is 4.21. The van der Waals surface area contributed by atoms with E-state index in [2.05, 4.69) is 20.9 Å². The monoisotopic (exact) mass is 224 g/mol. The smallest absolute Gasteiger partial charge is 0.166 e. The van der Waals surface area contributed by atoms with E-state index in [0.717, 1.165) is 25.3 Å². The summed E-state index contributed by atoms with van der Waals surface area (Å²) in [6.45, 7) is 2.46. The molecule has 0 aliphatic heterocycles. The standard InChI is InChI=1S/C10H16N4S/c1-11-10(15)14-7-6-12-8-9-4-2-3-5-13-9/h2-5,12H,6-8H2,1H3,(H2,11,14,15). The minimum Gasteiger partial charge on any atom is -0.366 e. The highest BCUT2D eigenvalue weighted by molar-refractivity contribution is 7.80. The lowest BCUT2D eigenvalue weighted by Crippen LogP contribution is -2.37. The van der Waals surface area contributed by atoms with Crippen LogP contribution in [-0.4, -0.2) is 30.2 Å². The topological polar surface area (TPSA) is 49.0 Å². The van der Waals surface area contributed by atoms with Gasteiger partial charge in [-0.2, -0.15) is 0 Å². The summed E-state index contributed by atoms with van der Waals surface area (Å²) in [5.41, 5.74) is 1.05. The molecule has 0 unspecified atom stereocenters. The van der Waals surface area contributed by atoms with Crippen molar-refractivity contribution in [3.8, 4) is 0 Å². The lowest BCUT2D eigenvalue weighted by atomic mass is 10.3. The molecule has 0 fully saturated rings. The van der Waals surface area contributed by atoms with Crippen LogP contribution in [-0.2, 0) is 6.54 Å². The summed E-state index contributed by atoms with van der Waals surface area (Å²) in [5.74, 6) is 0. The third-order valence-corrected chi connectivity index (χ3v) is 2.20. The molecule has 0 aromatic carbocycles. The molecule has 0 spiro atoms. The van der Waals surface area contributed by atoms with Crippen LogP contribution in [0.3, 0.4) is 0 Å². The van der Waals surface area contributed by atoms with Crippen LogP contribution in [0.4, 0.5) is 0 Å². The summed E-state index contributed by atoms with van der Waals surface area (Å²) in [6, 6.07) is 5.90. The largest absolute Gasteiger partial charge is 0.366 e. The van der Waals surface area contributed by atoms with E-state index in [0.29, 0.717) is 5.11 Å². The Morgan fingerprint density at radius 3 is 2.93 bits per heavy atom. The Kier molecular flexibility index (Phi) is 5.65. The number of nitrogens with zero attached hydrogens (tertiary/aromatic N) is 1. The van der Waals surface area contributed by atoms with E-state index in [1.165, 1.54) is 0 Å². The van der Waals surface area contributed by atoms with E-state index in [1.54, 1.807) is 13.2 Å². The van der Waals surface area contributed by atoms with Crippen molar-refractivity contribution in [2.75, 3.05) is 20.1 Å². The molecule has 0 radical (unpaired) electrons. The first-order valence-corrected chi connectivity index (χ1v) is 5.30. The van der Waals surface area contributed by atoms with Crippen molar-refractivity contribution >= 4 is 17.3 Å². The molecule has 0 aliphatic carbocycles. The van der Waals surface area contributed by atoms with E-state index in [1.807, 2.05) is 18.2 Å². The number of aromatic nitrogens is 1. The molecule has 82 valence electrons. The van der Waals surface area contributed by atoms with Crippen LogP contribution in [0.15, 0.2) is 24.4 Å². The maximum Gasteiger partial charge on any atom is 0.166 e. The van der Waals surface area contributed by atoms with Crippen molar-refractivity contribution in [2.24, 2.45) is 0 Å². The second-order valence-electron chi connectivity index (χ2n) is 3.00. The molecular weight excluding hydrogens is 208 g/mol. The summed E-state index contributed by atoms with van der Waals surface area (Å²) in [6.07, 6.45) is 1.80. The Labute approximate surface area is 95.5 Å². The molecule has 15 heavy (non-hydrogen) atoms. The van der Waals surface area contributed by atoms with Crippen molar-refractivity contribution in [3.63, 3.8) is 0 Å². The van der Waals surface area contributed by atoms with Gasteiger partial charge in [-0.25, -0.2) is 0 Å². The van der Waals surface area contributed by atoms with Gasteiger partial charge >= 0.3 is 0 Å². The molecule has 5 heteroatoms. The number of rotatable bonds is 5.